The molecule has 0 aliphatic carbocycles. The highest BCUT2D eigenvalue weighted by Gasteiger charge is 2.51. The van der Waals surface area contributed by atoms with Crippen molar-refractivity contribution in [3.05, 3.63) is 72.9 Å². The molecule has 12 unspecified atom stereocenters. The molecule has 0 spiro atoms. The molecule has 0 radical (unpaired) electrons. The second-order valence-electron chi connectivity index (χ2n) is 20.0. The van der Waals surface area contributed by atoms with Crippen molar-refractivity contribution >= 4 is 5.91 Å². The lowest BCUT2D eigenvalue weighted by Crippen LogP contribution is -2.65. The van der Waals surface area contributed by atoms with Gasteiger partial charge in [-0.05, 0) is 64.2 Å². The summed E-state index contributed by atoms with van der Waals surface area (Å²) in [4.78, 5) is 13.2. The van der Waals surface area contributed by atoms with Gasteiger partial charge in [-0.25, -0.2) is 0 Å². The van der Waals surface area contributed by atoms with Crippen molar-refractivity contribution in [1.82, 2.24) is 5.32 Å². The number of allylic oxidation sites excluding steroid dienone is 12. The first-order valence-corrected chi connectivity index (χ1v) is 28.7. The fourth-order valence-electron chi connectivity index (χ4n) is 9.06. The topological polar surface area (TPSA) is 228 Å². The second kappa shape index (κ2) is 44.5. The minimum atomic E-state index is -1.79. The number of hydrogen-bond acceptors (Lipinski definition) is 13. The van der Waals surface area contributed by atoms with Crippen LogP contribution in [0, 0.1) is 0 Å². The van der Waals surface area contributed by atoms with Crippen LogP contribution in [0.1, 0.15) is 200 Å². The smallest absolute Gasteiger partial charge is 0.220 e. The van der Waals surface area contributed by atoms with Crippen molar-refractivity contribution in [3.8, 4) is 0 Å². The van der Waals surface area contributed by atoms with Crippen molar-refractivity contribution in [2.75, 3.05) is 19.8 Å². The molecule has 422 valence electrons. The molecule has 2 rings (SSSR count). The molecular weight excluding hydrogens is 931 g/mol. The van der Waals surface area contributed by atoms with E-state index in [9.17, 15) is 45.6 Å². The number of carbonyl (C=O) groups excluding carboxylic acids is 1. The van der Waals surface area contributed by atoms with Crippen LogP contribution in [0.4, 0.5) is 0 Å². The summed E-state index contributed by atoms with van der Waals surface area (Å²) in [5, 5.41) is 87.2. The first kappa shape index (κ1) is 66.5. The van der Waals surface area contributed by atoms with Gasteiger partial charge in [-0.3, -0.25) is 4.79 Å². The van der Waals surface area contributed by atoms with Crippen molar-refractivity contribution in [2.45, 2.75) is 274 Å². The van der Waals surface area contributed by atoms with E-state index in [1.54, 1.807) is 0 Å². The third kappa shape index (κ3) is 30.7. The summed E-state index contributed by atoms with van der Waals surface area (Å²) in [7, 11) is 0. The second-order valence-corrected chi connectivity index (χ2v) is 20.0. The molecule has 2 heterocycles. The van der Waals surface area contributed by atoms with E-state index in [0.29, 0.717) is 12.8 Å². The summed E-state index contributed by atoms with van der Waals surface area (Å²) < 4.78 is 22.8. The predicted molar refractivity (Wildman–Crippen MR) is 290 cm³/mol. The summed E-state index contributed by atoms with van der Waals surface area (Å²) in [5.41, 5.74) is 0. The first-order valence-electron chi connectivity index (χ1n) is 28.7. The molecule has 14 nitrogen and oxygen atoms in total. The molecule has 14 heteroatoms. The van der Waals surface area contributed by atoms with Crippen LogP contribution in [0.15, 0.2) is 72.9 Å². The number of ether oxygens (including phenoxy) is 4. The molecule has 0 aromatic heterocycles. The van der Waals surface area contributed by atoms with E-state index >= 15 is 0 Å². The highest BCUT2D eigenvalue weighted by atomic mass is 16.7. The number of unbranched alkanes of at least 4 members (excludes halogenated alkanes) is 19. The largest absolute Gasteiger partial charge is 0.394 e. The fourth-order valence-corrected chi connectivity index (χ4v) is 9.06. The minimum Gasteiger partial charge on any atom is -0.394 e. The number of aliphatic hydroxyl groups excluding tert-OH is 8. The summed E-state index contributed by atoms with van der Waals surface area (Å²) in [6.45, 7) is 2.71. The van der Waals surface area contributed by atoms with Crippen LogP contribution < -0.4 is 5.32 Å². The van der Waals surface area contributed by atoms with E-state index in [0.717, 1.165) is 77.0 Å². The maximum Gasteiger partial charge on any atom is 0.220 e. The summed E-state index contributed by atoms with van der Waals surface area (Å²) in [6.07, 6.45) is 40.4. The average molecular weight is 1030 g/mol. The van der Waals surface area contributed by atoms with Crippen LogP contribution in [0.5, 0.6) is 0 Å². The molecule has 2 fully saturated rings. The number of nitrogens with one attached hydrogen (secondary N) is 1. The number of amides is 1. The Hall–Kier alpha value is -2.57. The van der Waals surface area contributed by atoms with Gasteiger partial charge in [0, 0.05) is 6.42 Å². The molecule has 12 atom stereocenters. The quantitative estimate of drug-likeness (QED) is 0.0205. The number of aliphatic hydroxyl groups is 8. The maximum atomic E-state index is 13.2. The average Bonchev–Trinajstić information content (AvgIpc) is 3.39. The van der Waals surface area contributed by atoms with E-state index in [4.69, 9.17) is 18.9 Å². The van der Waals surface area contributed by atoms with Crippen LogP contribution in [0.25, 0.3) is 0 Å². The van der Waals surface area contributed by atoms with Gasteiger partial charge in [-0.1, -0.05) is 202 Å². The highest BCUT2D eigenvalue weighted by molar-refractivity contribution is 5.76. The SMILES string of the molecule is CC/C=C\C/C=C\C/C=C\C/C=C\C/C=C\C/C=C\CCCCC(=O)NC(COC1OC(CO)C(OC2OC(CO)C(O)C(O)C2O)C(O)C1O)C(O)CCCCCCCCCCCCCCCCCCCC. The molecule has 9 N–H and O–H groups in total. The van der Waals surface area contributed by atoms with Crippen LogP contribution >= 0.6 is 0 Å². The van der Waals surface area contributed by atoms with Crippen molar-refractivity contribution in [1.29, 1.82) is 0 Å². The van der Waals surface area contributed by atoms with E-state index in [1.165, 1.54) is 89.9 Å². The lowest BCUT2D eigenvalue weighted by Gasteiger charge is -2.46. The zero-order valence-electron chi connectivity index (χ0n) is 45.1. The van der Waals surface area contributed by atoms with E-state index in [-0.39, 0.29) is 18.9 Å². The Labute approximate surface area is 440 Å². The molecular formula is C59H103NO13. The standard InChI is InChI=1S/C59H103NO13/c1-3-5-7-9-11-13-15-17-19-21-23-24-25-27-29-31-33-35-37-39-41-43-51(64)60-47(48(63)42-40-38-36-34-32-30-28-26-22-20-18-16-14-12-10-8-6-4-2)46-70-58-56(69)54(67)57(50(45-62)72-58)73-59-55(68)53(66)52(65)49(44-61)71-59/h5,7,11,13,17,19,23-24,27,29,33,35,47-50,52-59,61-63,65-69H,3-4,6,8-10,12,14-16,18,20-22,25-26,28,30-32,34,36-46H2,1-2H3,(H,60,64)/b7-5-,13-11-,19-17-,24-23-,29-27-,35-33-. The Bertz CT molecular complexity index is 1500. The Balaban J connectivity index is 1.81. The van der Waals surface area contributed by atoms with E-state index in [1.807, 2.05) is 0 Å². The normalized spacial score (nSPS) is 25.9. The maximum absolute atomic E-state index is 13.2. The van der Waals surface area contributed by atoms with Crippen LogP contribution in [-0.4, -0.2) is 140 Å². The Morgan fingerprint density at radius 1 is 0.507 bits per heavy atom. The first-order chi connectivity index (χ1) is 35.6. The van der Waals surface area contributed by atoms with Gasteiger partial charge in [0.05, 0.1) is 32.0 Å². The molecule has 0 aromatic rings. The summed E-state index contributed by atoms with van der Waals surface area (Å²) in [6, 6.07) is -0.856. The molecule has 2 aliphatic rings. The van der Waals surface area contributed by atoms with Gasteiger partial charge in [0.2, 0.25) is 5.91 Å². The van der Waals surface area contributed by atoms with Crippen molar-refractivity contribution in [2.24, 2.45) is 0 Å². The number of rotatable bonds is 44. The highest BCUT2D eigenvalue weighted by Crippen LogP contribution is 2.30. The minimum absolute atomic E-state index is 0.246. The zero-order valence-corrected chi connectivity index (χ0v) is 45.1. The molecule has 0 aromatic carbocycles. The van der Waals surface area contributed by atoms with Gasteiger partial charge in [-0.15, -0.1) is 0 Å². The lowest BCUT2D eigenvalue weighted by molar-refractivity contribution is -0.359. The number of carbonyl (C=O) groups is 1. The monoisotopic (exact) mass is 1030 g/mol. The fraction of sp³-hybridized carbons (Fsp3) is 0.780. The lowest BCUT2D eigenvalue weighted by atomic mass is 9.97. The van der Waals surface area contributed by atoms with Crippen LogP contribution in [0.3, 0.4) is 0 Å². The van der Waals surface area contributed by atoms with Gasteiger partial charge in [0.1, 0.15) is 48.8 Å². The third-order valence-electron chi connectivity index (χ3n) is 13.7. The summed E-state index contributed by atoms with van der Waals surface area (Å²) in [5.74, 6) is -0.250. The molecule has 73 heavy (non-hydrogen) atoms. The van der Waals surface area contributed by atoms with Gasteiger partial charge in [0.15, 0.2) is 12.6 Å². The van der Waals surface area contributed by atoms with Gasteiger partial charge in [-0.2, -0.15) is 0 Å². The molecule has 0 bridgehead atoms. The molecule has 0 saturated carbocycles. The zero-order chi connectivity index (χ0) is 53.2. The van der Waals surface area contributed by atoms with Crippen molar-refractivity contribution in [3.63, 3.8) is 0 Å². The van der Waals surface area contributed by atoms with Gasteiger partial charge >= 0.3 is 0 Å². The van der Waals surface area contributed by atoms with Crippen LogP contribution in [0.2, 0.25) is 0 Å². The predicted octanol–water partition coefficient (Wildman–Crippen LogP) is 9.16. The Morgan fingerprint density at radius 3 is 1.42 bits per heavy atom. The van der Waals surface area contributed by atoms with Crippen molar-refractivity contribution < 1.29 is 64.6 Å². The summed E-state index contributed by atoms with van der Waals surface area (Å²) >= 11 is 0. The molecule has 1 amide bonds. The van der Waals surface area contributed by atoms with Gasteiger partial charge in [0.25, 0.3) is 0 Å². The Morgan fingerprint density at radius 2 is 0.945 bits per heavy atom. The van der Waals surface area contributed by atoms with Gasteiger partial charge < -0.3 is 65.1 Å². The van der Waals surface area contributed by atoms with E-state index < -0.39 is 86.8 Å². The number of hydrogen-bond donors (Lipinski definition) is 9. The molecule has 2 aliphatic heterocycles. The van der Waals surface area contributed by atoms with Crippen LogP contribution in [-0.2, 0) is 23.7 Å². The van der Waals surface area contributed by atoms with E-state index in [2.05, 4.69) is 92.1 Å². The third-order valence-corrected chi connectivity index (χ3v) is 13.7. The molecule has 2 saturated heterocycles. The Kier molecular flexibility index (Phi) is 40.6.